The SMILES string of the molecule is Cn1c2ccccc2c2c1[n+](C)c1n2Cc2ccncc2-1.[2H]C([2H])([2H])n1c2ccccc2c2c1[n+](C)c1n2Cc2ccncc2-1.c1ccc(-n2c3[n+](c4c5ccccc5[nH]c42)Cc2ccncc2-3)cc1.c1ccc(-n2c3[n+](c4c5ccccc5n(-c5ccccc5)c42)Cc2ccncc2-3)cc1.c1ccc(-n2c3[n+](c4c5ccccc5oc42)Cc2ccncc2-3)cc1. The Bertz CT molecular complexity index is 8410. The zero-order valence-electron chi connectivity index (χ0n) is 70.2. The van der Waals surface area contributed by atoms with Crippen molar-refractivity contribution in [3.63, 3.8) is 0 Å². The van der Waals surface area contributed by atoms with Crippen molar-refractivity contribution in [2.45, 2.75) is 32.7 Å². The molecule has 9 aromatic carbocycles. The summed E-state index contributed by atoms with van der Waals surface area (Å²) < 4.78 is 59.5. The van der Waals surface area contributed by atoms with E-state index in [1.165, 1.54) is 133 Å². The Labute approximate surface area is 707 Å². The second-order valence-electron chi connectivity index (χ2n) is 32.1. The number of aromatic amines is 1. The lowest BCUT2D eigenvalue weighted by molar-refractivity contribution is -0.645. The van der Waals surface area contributed by atoms with Crippen LogP contribution in [0.5, 0.6) is 0 Å². The third-order valence-corrected chi connectivity index (χ3v) is 25.5. The van der Waals surface area contributed by atoms with E-state index in [2.05, 4.69) is 319 Å². The molecule has 0 fully saturated rings. The third-order valence-electron chi connectivity index (χ3n) is 25.5. The highest BCUT2D eigenvalue weighted by molar-refractivity contribution is 6.09. The Morgan fingerprint density at radius 3 is 1.25 bits per heavy atom. The Morgan fingerprint density at radius 2 is 0.724 bits per heavy atom. The molecule has 20 heteroatoms. The Hall–Kier alpha value is -16.2. The second-order valence-corrected chi connectivity index (χ2v) is 32.1. The number of imidazole rings is 5. The zero-order chi connectivity index (χ0) is 83.9. The number of para-hydroxylation sites is 9. The number of nitrogens with zero attached hydrogens (tertiary/aromatic N) is 18. The van der Waals surface area contributed by atoms with Crippen LogP contribution in [0.4, 0.5) is 0 Å². The summed E-state index contributed by atoms with van der Waals surface area (Å²) in [5, 5.41) is 5.95. The van der Waals surface area contributed by atoms with Crippen molar-refractivity contribution >= 4 is 110 Å². The number of nitrogens with one attached hydrogen (secondary N) is 1. The number of fused-ring (bicyclic) bond motifs is 35. The maximum Gasteiger partial charge on any atom is 0.344 e. The smallest absolute Gasteiger partial charge is 0.344 e. The zero-order valence-corrected chi connectivity index (χ0v) is 67.2. The first-order chi connectivity index (χ1) is 62.0. The maximum absolute atomic E-state index is 8.01. The normalized spacial score (nSPS) is 13.2. The molecular weight excluding hydrogens is 1520 g/mol. The van der Waals surface area contributed by atoms with E-state index < -0.39 is 6.98 Å². The minimum absolute atomic E-state index is 0.723. The summed E-state index contributed by atoms with van der Waals surface area (Å²) in [6.07, 6.45) is 19.1. The van der Waals surface area contributed by atoms with Crippen LogP contribution in [0.25, 0.3) is 190 Å². The van der Waals surface area contributed by atoms with Crippen LogP contribution in [0, 0.1) is 0 Å². The van der Waals surface area contributed by atoms with Gasteiger partial charge in [-0.25, -0.2) is 32.0 Å². The van der Waals surface area contributed by atoms with Crippen LogP contribution in [0.3, 0.4) is 0 Å². The number of benzene rings is 9. The van der Waals surface area contributed by atoms with Gasteiger partial charge in [-0.15, -0.1) is 0 Å². The summed E-state index contributed by atoms with van der Waals surface area (Å²) in [6, 6.07) is 94.5. The van der Waals surface area contributed by atoms with Gasteiger partial charge in [-0.05, 0) is 140 Å². The number of H-pyrrole nitrogens is 1. The fourth-order valence-corrected chi connectivity index (χ4v) is 20.4. The van der Waals surface area contributed by atoms with Crippen molar-refractivity contribution in [2.24, 2.45) is 28.1 Å². The highest BCUT2D eigenvalue weighted by Gasteiger charge is 2.43. The van der Waals surface area contributed by atoms with Gasteiger partial charge in [-0.1, -0.05) is 133 Å². The van der Waals surface area contributed by atoms with Crippen LogP contribution in [-0.2, 0) is 60.8 Å². The lowest BCUT2D eigenvalue weighted by Crippen LogP contribution is -2.31. The Balaban J connectivity index is 0.0000000863. The molecule has 586 valence electrons. The van der Waals surface area contributed by atoms with E-state index in [0.29, 0.717) is 0 Å². The van der Waals surface area contributed by atoms with Crippen molar-refractivity contribution in [3.05, 3.63) is 363 Å². The molecule has 0 spiro atoms. The highest BCUT2D eigenvalue weighted by atomic mass is 16.3. The molecule has 0 saturated carbocycles. The van der Waals surface area contributed by atoms with Crippen molar-refractivity contribution < 1.29 is 31.4 Å². The van der Waals surface area contributed by atoms with Gasteiger partial charge in [0.15, 0.2) is 11.0 Å². The van der Waals surface area contributed by atoms with E-state index in [-0.39, 0.29) is 0 Å². The molecule has 0 atom stereocenters. The summed E-state index contributed by atoms with van der Waals surface area (Å²) in [6.45, 7) is 2.00. The highest BCUT2D eigenvalue weighted by Crippen LogP contribution is 2.44. The van der Waals surface area contributed by atoms with Gasteiger partial charge in [0.25, 0.3) is 40.1 Å². The monoisotopic (exact) mass is 1600 g/mol. The predicted molar refractivity (Wildman–Crippen MR) is 480 cm³/mol. The average Bonchev–Trinajstić information content (AvgIpc) is 1.53. The lowest BCUT2D eigenvalue weighted by Gasteiger charge is -2.08. The van der Waals surface area contributed by atoms with Gasteiger partial charge in [0.05, 0.1) is 111 Å². The van der Waals surface area contributed by atoms with Gasteiger partial charge >= 0.3 is 5.71 Å². The summed E-state index contributed by atoms with van der Waals surface area (Å²) in [5.41, 5.74) is 33.4. The van der Waals surface area contributed by atoms with Crippen LogP contribution >= 0.6 is 0 Å². The molecule has 20 heterocycles. The summed E-state index contributed by atoms with van der Waals surface area (Å²) in [7, 11) is 6.22. The van der Waals surface area contributed by atoms with E-state index in [4.69, 9.17) is 8.53 Å². The first-order valence-corrected chi connectivity index (χ1v) is 41.4. The van der Waals surface area contributed by atoms with Crippen molar-refractivity contribution in [1.29, 1.82) is 0 Å². The molecule has 5 aliphatic rings. The van der Waals surface area contributed by atoms with Crippen LogP contribution < -0.4 is 22.8 Å². The average molecular weight is 1600 g/mol. The third kappa shape index (κ3) is 10.2. The Morgan fingerprint density at radius 1 is 0.341 bits per heavy atom. The standard InChI is InChI=1S/C27H19N4.C21H15N4.C21H14N3O.2C17H15N4/c1-3-9-20(10-4-1)30-24-14-8-7-13-22(24)25-27(30)31(21-11-5-2-6-12-21)26-23-17-28-16-15-19(23)18-29(25)26;1-2-6-15(7-3-1)25-20-19(16-8-4-5-9-18(16)23-20)24-13-14-10-11-22-12-17(14)21(24)25;1-2-6-15(7-3-1)24-20-17-12-22-11-10-14(17)13-23(20)19-16-8-4-5-9-18(16)25-21(19)24;2*1-19-14-6-4-3-5-12(14)15-17(19)20(2)16-13-9-18-8-7-11(13)10-21(15)16/h1-17H,18H2;1-12,23H,13H2;1-12H,13H2;2*3-9H,10H2,1-2H3/q5*+1/i;;;1D3;. The van der Waals surface area contributed by atoms with Crippen LogP contribution in [0.2, 0.25) is 0 Å². The molecule has 0 saturated heterocycles. The van der Waals surface area contributed by atoms with Crippen LogP contribution in [0.1, 0.15) is 31.9 Å². The quantitative estimate of drug-likeness (QED) is 0.173. The lowest BCUT2D eigenvalue weighted by atomic mass is 10.1. The number of hydrogen-bond acceptors (Lipinski definition) is 6. The molecule has 20 nitrogen and oxygen atoms in total. The van der Waals surface area contributed by atoms with Gasteiger partial charge in [0, 0.05) is 95.5 Å². The molecule has 1 N–H and O–H groups in total. The number of furan rings is 1. The molecule has 24 aromatic rings. The van der Waals surface area contributed by atoms with E-state index >= 15 is 0 Å². The van der Waals surface area contributed by atoms with Gasteiger partial charge < -0.3 is 9.40 Å². The van der Waals surface area contributed by atoms with E-state index in [1.807, 2.05) is 116 Å². The molecule has 0 radical (unpaired) electrons. The molecule has 5 aliphatic heterocycles. The van der Waals surface area contributed by atoms with E-state index in [1.54, 1.807) is 6.20 Å². The molecule has 0 amide bonds. The number of pyridine rings is 5. The van der Waals surface area contributed by atoms with Gasteiger partial charge in [0.2, 0.25) is 28.2 Å². The van der Waals surface area contributed by atoms with Gasteiger partial charge in [-0.3, -0.25) is 38.6 Å². The van der Waals surface area contributed by atoms with Crippen molar-refractivity contribution in [3.8, 4) is 79.7 Å². The van der Waals surface area contributed by atoms with E-state index in [0.717, 1.165) is 123 Å². The second kappa shape index (κ2) is 27.2. The van der Waals surface area contributed by atoms with Crippen molar-refractivity contribution in [1.82, 2.24) is 66.4 Å². The Kier molecular flexibility index (Phi) is 14.7. The molecule has 0 aliphatic carbocycles. The molecule has 15 aromatic heterocycles. The number of aryl methyl sites for hydroxylation is 4. The van der Waals surface area contributed by atoms with Crippen LogP contribution in [0.15, 0.2) is 339 Å². The first kappa shape index (κ1) is 66.8. The number of rotatable bonds is 4. The molecule has 123 heavy (non-hydrogen) atoms. The summed E-state index contributed by atoms with van der Waals surface area (Å²) in [5.74, 6) is 5.78. The molecule has 0 unspecified atom stereocenters. The summed E-state index contributed by atoms with van der Waals surface area (Å²) in [4.78, 5) is 25.3. The minimum atomic E-state index is -2.24. The van der Waals surface area contributed by atoms with Gasteiger partial charge in [-0.2, -0.15) is 13.7 Å². The number of aromatic nitrogens is 19. The topological polar surface area (TPSA) is 152 Å². The molecule has 29 rings (SSSR count). The number of hydrogen-bond donors (Lipinski definition) is 1. The summed E-state index contributed by atoms with van der Waals surface area (Å²) >= 11 is 0. The maximum atomic E-state index is 8.01. The van der Waals surface area contributed by atoms with Gasteiger partial charge in [0.1, 0.15) is 53.3 Å². The van der Waals surface area contributed by atoms with Crippen LogP contribution in [-0.4, -0.2) is 66.4 Å². The predicted octanol–water partition coefficient (Wildman–Crippen LogP) is 18.0. The fraction of sp³-hybridized carbons (Fsp3) is 0.0874. The fourth-order valence-electron chi connectivity index (χ4n) is 20.4. The first-order valence-electron chi connectivity index (χ1n) is 42.9. The minimum Gasteiger partial charge on any atom is -0.419 e. The molecule has 0 bridgehead atoms. The largest absolute Gasteiger partial charge is 0.419 e. The van der Waals surface area contributed by atoms with Crippen molar-refractivity contribution in [2.75, 3.05) is 0 Å². The molecular formula is C103H78N19O+5. The van der Waals surface area contributed by atoms with E-state index in [9.17, 15) is 0 Å².